The molecule has 0 radical (unpaired) electrons. The van der Waals surface area contributed by atoms with Crippen LogP contribution in [0.5, 0.6) is 0 Å². The lowest BCUT2D eigenvalue weighted by Gasteiger charge is -2.04. The maximum Gasteiger partial charge on any atom is 0.114 e. The summed E-state index contributed by atoms with van der Waals surface area (Å²) in [4.78, 5) is 0. The number of rotatable bonds is 1. The first-order chi connectivity index (χ1) is 3.80. The summed E-state index contributed by atoms with van der Waals surface area (Å²) in [6, 6.07) is 0. The molecule has 0 bridgehead atoms. The smallest absolute Gasteiger partial charge is 0.114 e. The standard InChI is InChI=1S/C6H10O2/c1-5(7)6-3-2-4-8-6/h6-7H,1-4H2. The van der Waals surface area contributed by atoms with Crippen LogP contribution in [0.25, 0.3) is 0 Å². The van der Waals surface area contributed by atoms with Crippen LogP contribution in [0.2, 0.25) is 0 Å². The average Bonchev–Trinajstić information content (AvgIpc) is 2.12. The highest BCUT2D eigenvalue weighted by Crippen LogP contribution is 2.15. The fraction of sp³-hybridized carbons (Fsp3) is 0.667. The summed E-state index contributed by atoms with van der Waals surface area (Å²) in [5.74, 6) is 0.169. The summed E-state index contributed by atoms with van der Waals surface area (Å²) in [5, 5.41) is 8.73. The minimum Gasteiger partial charge on any atom is -0.510 e. The number of aliphatic hydroxyl groups is 1. The zero-order valence-corrected chi connectivity index (χ0v) is 4.76. The minimum absolute atomic E-state index is 0.0741. The SMILES string of the molecule is C=C(O)C1CCCO1. The van der Waals surface area contributed by atoms with Crippen LogP contribution in [-0.2, 0) is 4.74 Å². The highest BCUT2D eigenvalue weighted by Gasteiger charge is 2.17. The van der Waals surface area contributed by atoms with E-state index in [-0.39, 0.29) is 11.9 Å². The Bertz CT molecular complexity index is 92.7. The van der Waals surface area contributed by atoms with Crippen LogP contribution >= 0.6 is 0 Å². The Labute approximate surface area is 48.8 Å². The Balaban J connectivity index is 2.35. The van der Waals surface area contributed by atoms with Gasteiger partial charge in [-0.1, -0.05) is 6.58 Å². The van der Waals surface area contributed by atoms with E-state index in [9.17, 15) is 0 Å². The topological polar surface area (TPSA) is 29.5 Å². The maximum atomic E-state index is 8.73. The van der Waals surface area contributed by atoms with Gasteiger partial charge in [-0.05, 0) is 12.8 Å². The van der Waals surface area contributed by atoms with Gasteiger partial charge in [0.25, 0.3) is 0 Å². The Kier molecular flexibility index (Phi) is 1.53. The molecule has 1 fully saturated rings. The molecular formula is C6H10O2. The molecular weight excluding hydrogens is 104 g/mol. The molecule has 2 nitrogen and oxygen atoms in total. The van der Waals surface area contributed by atoms with E-state index in [0.717, 1.165) is 19.4 Å². The van der Waals surface area contributed by atoms with Crippen molar-refractivity contribution in [1.82, 2.24) is 0 Å². The molecule has 0 saturated carbocycles. The van der Waals surface area contributed by atoms with Crippen LogP contribution in [0.1, 0.15) is 12.8 Å². The van der Waals surface area contributed by atoms with Crippen LogP contribution in [0.3, 0.4) is 0 Å². The largest absolute Gasteiger partial charge is 0.510 e. The molecule has 2 heteroatoms. The van der Waals surface area contributed by atoms with Gasteiger partial charge in [-0.15, -0.1) is 0 Å². The van der Waals surface area contributed by atoms with Crippen LogP contribution in [0.4, 0.5) is 0 Å². The molecule has 46 valence electrons. The van der Waals surface area contributed by atoms with Gasteiger partial charge in [-0.3, -0.25) is 0 Å². The van der Waals surface area contributed by atoms with E-state index in [4.69, 9.17) is 9.84 Å². The van der Waals surface area contributed by atoms with E-state index in [1.54, 1.807) is 0 Å². The fourth-order valence-electron chi connectivity index (χ4n) is 0.840. The van der Waals surface area contributed by atoms with E-state index < -0.39 is 0 Å². The summed E-state index contributed by atoms with van der Waals surface area (Å²) >= 11 is 0. The lowest BCUT2D eigenvalue weighted by Crippen LogP contribution is -2.06. The van der Waals surface area contributed by atoms with Crippen LogP contribution < -0.4 is 0 Å². The number of hydrogen-bond acceptors (Lipinski definition) is 2. The van der Waals surface area contributed by atoms with Gasteiger partial charge in [-0.2, -0.15) is 0 Å². The van der Waals surface area contributed by atoms with Gasteiger partial charge in [0.15, 0.2) is 0 Å². The third-order valence-corrected chi connectivity index (χ3v) is 1.30. The predicted molar refractivity (Wildman–Crippen MR) is 30.7 cm³/mol. The van der Waals surface area contributed by atoms with Gasteiger partial charge in [0.05, 0.1) is 0 Å². The number of hydrogen-bond donors (Lipinski definition) is 1. The molecule has 1 atom stereocenters. The van der Waals surface area contributed by atoms with Gasteiger partial charge in [-0.25, -0.2) is 0 Å². The van der Waals surface area contributed by atoms with Crippen LogP contribution in [0, 0.1) is 0 Å². The van der Waals surface area contributed by atoms with Crippen molar-refractivity contribution in [3.05, 3.63) is 12.3 Å². The van der Waals surface area contributed by atoms with Crippen molar-refractivity contribution in [3.8, 4) is 0 Å². The van der Waals surface area contributed by atoms with Crippen molar-refractivity contribution in [1.29, 1.82) is 0 Å². The first kappa shape index (κ1) is 5.63. The molecule has 1 aliphatic rings. The molecule has 1 saturated heterocycles. The van der Waals surface area contributed by atoms with Crippen molar-refractivity contribution >= 4 is 0 Å². The van der Waals surface area contributed by atoms with Crippen molar-refractivity contribution in [2.75, 3.05) is 6.61 Å². The zero-order chi connectivity index (χ0) is 5.98. The Morgan fingerprint density at radius 1 is 1.75 bits per heavy atom. The normalized spacial score (nSPS) is 28.2. The van der Waals surface area contributed by atoms with Crippen LogP contribution in [-0.4, -0.2) is 17.8 Å². The molecule has 1 aliphatic heterocycles. The summed E-state index contributed by atoms with van der Waals surface area (Å²) in [6.07, 6.45) is 1.90. The number of aliphatic hydroxyl groups excluding tert-OH is 1. The summed E-state index contributed by atoms with van der Waals surface area (Å²) in [7, 11) is 0. The lowest BCUT2D eigenvalue weighted by atomic mass is 10.2. The quantitative estimate of drug-likeness (QED) is 0.519. The zero-order valence-electron chi connectivity index (χ0n) is 4.76. The monoisotopic (exact) mass is 114 g/mol. The molecule has 0 aromatic heterocycles. The van der Waals surface area contributed by atoms with Gasteiger partial charge in [0, 0.05) is 6.61 Å². The second-order valence-corrected chi connectivity index (χ2v) is 1.99. The Morgan fingerprint density at radius 3 is 2.75 bits per heavy atom. The third-order valence-electron chi connectivity index (χ3n) is 1.30. The summed E-state index contributed by atoms with van der Waals surface area (Å²) < 4.78 is 5.06. The van der Waals surface area contributed by atoms with Crippen molar-refractivity contribution < 1.29 is 9.84 Å². The predicted octanol–water partition coefficient (Wildman–Crippen LogP) is 1.24. The second kappa shape index (κ2) is 2.18. The molecule has 8 heavy (non-hydrogen) atoms. The van der Waals surface area contributed by atoms with E-state index in [0.29, 0.717) is 0 Å². The van der Waals surface area contributed by atoms with Crippen molar-refractivity contribution in [2.24, 2.45) is 0 Å². The molecule has 0 aliphatic carbocycles. The van der Waals surface area contributed by atoms with Crippen molar-refractivity contribution in [2.45, 2.75) is 18.9 Å². The molecule has 0 spiro atoms. The minimum atomic E-state index is -0.0741. The molecule has 1 heterocycles. The summed E-state index contributed by atoms with van der Waals surface area (Å²) in [6.45, 7) is 4.14. The second-order valence-electron chi connectivity index (χ2n) is 1.99. The van der Waals surface area contributed by atoms with Crippen LogP contribution in [0.15, 0.2) is 12.3 Å². The fourth-order valence-corrected chi connectivity index (χ4v) is 0.840. The van der Waals surface area contributed by atoms with E-state index in [1.807, 2.05) is 0 Å². The van der Waals surface area contributed by atoms with Gasteiger partial charge in [0.2, 0.25) is 0 Å². The van der Waals surface area contributed by atoms with E-state index in [1.165, 1.54) is 0 Å². The van der Waals surface area contributed by atoms with Gasteiger partial charge < -0.3 is 9.84 Å². The first-order valence-corrected chi connectivity index (χ1v) is 2.80. The maximum absolute atomic E-state index is 8.73. The molecule has 1 unspecified atom stereocenters. The van der Waals surface area contributed by atoms with Gasteiger partial charge in [0.1, 0.15) is 11.9 Å². The molecule has 0 amide bonds. The molecule has 1 rings (SSSR count). The molecule has 0 aromatic carbocycles. The van der Waals surface area contributed by atoms with E-state index >= 15 is 0 Å². The van der Waals surface area contributed by atoms with Crippen molar-refractivity contribution in [3.63, 3.8) is 0 Å². The Hall–Kier alpha value is -0.500. The average molecular weight is 114 g/mol. The lowest BCUT2D eigenvalue weighted by molar-refractivity contribution is 0.102. The first-order valence-electron chi connectivity index (χ1n) is 2.80. The highest BCUT2D eigenvalue weighted by atomic mass is 16.5. The highest BCUT2D eigenvalue weighted by molar-refractivity contribution is 4.91. The molecule has 1 N–H and O–H groups in total. The van der Waals surface area contributed by atoms with E-state index in [2.05, 4.69) is 6.58 Å². The summed E-state index contributed by atoms with van der Waals surface area (Å²) in [5.41, 5.74) is 0. The molecule has 0 aromatic rings. The van der Waals surface area contributed by atoms with Gasteiger partial charge >= 0.3 is 0 Å². The Morgan fingerprint density at radius 2 is 2.50 bits per heavy atom. The number of ether oxygens (including phenoxy) is 1. The third kappa shape index (κ3) is 1.01.